The third-order valence-electron chi connectivity index (χ3n) is 5.98. The number of fused-ring (bicyclic) bond motifs is 1. The van der Waals surface area contributed by atoms with E-state index in [9.17, 15) is 19.2 Å². The topological polar surface area (TPSA) is 96.0 Å². The zero-order valence-corrected chi connectivity index (χ0v) is 18.4. The number of hydrogen-bond acceptors (Lipinski definition) is 5. The van der Waals surface area contributed by atoms with E-state index in [1.807, 2.05) is 30.3 Å². The predicted molar refractivity (Wildman–Crippen MR) is 121 cm³/mol. The van der Waals surface area contributed by atoms with Crippen LogP contribution in [0.2, 0.25) is 0 Å². The minimum absolute atomic E-state index is 0.0238. The van der Waals surface area contributed by atoms with Crippen molar-refractivity contribution in [2.75, 3.05) is 26.2 Å². The first-order chi connectivity index (χ1) is 16.0. The van der Waals surface area contributed by atoms with Crippen molar-refractivity contribution in [2.45, 2.75) is 31.7 Å². The Kier molecular flexibility index (Phi) is 7.02. The molecular formula is C25H27N3O5. The molecule has 1 fully saturated rings. The minimum Gasteiger partial charge on any atom is -0.493 e. The maximum atomic E-state index is 12.4. The molecule has 0 spiro atoms. The summed E-state index contributed by atoms with van der Waals surface area (Å²) in [6.45, 7) is 1.54. The number of carbonyl (C=O) groups is 4. The SMILES string of the molecule is O=C(CCN1C(=O)c2ccccc2C1=O)NC1CCN(C(=O)CCOc2ccccc2)CC1. The molecule has 0 bridgehead atoms. The highest BCUT2D eigenvalue weighted by molar-refractivity contribution is 6.21. The Balaban J connectivity index is 1.15. The van der Waals surface area contributed by atoms with Crippen molar-refractivity contribution in [1.29, 1.82) is 0 Å². The van der Waals surface area contributed by atoms with Gasteiger partial charge in [0.25, 0.3) is 11.8 Å². The molecule has 0 radical (unpaired) electrons. The highest BCUT2D eigenvalue weighted by Crippen LogP contribution is 2.22. The van der Waals surface area contributed by atoms with Crippen molar-refractivity contribution in [3.8, 4) is 5.75 Å². The number of carbonyl (C=O) groups excluding carboxylic acids is 4. The second-order valence-corrected chi connectivity index (χ2v) is 8.19. The highest BCUT2D eigenvalue weighted by atomic mass is 16.5. The monoisotopic (exact) mass is 449 g/mol. The molecule has 2 aromatic carbocycles. The molecular weight excluding hydrogens is 422 g/mol. The van der Waals surface area contributed by atoms with Crippen LogP contribution in [0.25, 0.3) is 0 Å². The number of nitrogens with zero attached hydrogens (tertiary/aromatic N) is 2. The summed E-state index contributed by atoms with van der Waals surface area (Å²) in [5, 5.41) is 2.97. The Morgan fingerprint density at radius 2 is 1.48 bits per heavy atom. The standard InChI is InChI=1S/C25H27N3O5/c29-22(12-16-28-24(31)20-8-4-5-9-21(20)25(28)32)26-18-10-14-27(15-11-18)23(30)13-17-33-19-6-2-1-3-7-19/h1-9,18H,10-17H2,(H,26,29). The number of imide groups is 1. The molecule has 33 heavy (non-hydrogen) atoms. The Morgan fingerprint density at radius 3 is 2.12 bits per heavy atom. The van der Waals surface area contributed by atoms with Crippen LogP contribution < -0.4 is 10.1 Å². The quantitative estimate of drug-likeness (QED) is 0.624. The Hall–Kier alpha value is -3.68. The molecule has 4 rings (SSSR count). The van der Waals surface area contributed by atoms with Crippen molar-refractivity contribution in [2.24, 2.45) is 0 Å². The van der Waals surface area contributed by atoms with Crippen molar-refractivity contribution < 1.29 is 23.9 Å². The number of para-hydroxylation sites is 1. The second kappa shape index (κ2) is 10.3. The van der Waals surface area contributed by atoms with E-state index in [0.717, 1.165) is 10.6 Å². The zero-order chi connectivity index (χ0) is 23.2. The lowest BCUT2D eigenvalue weighted by Crippen LogP contribution is -2.47. The third kappa shape index (κ3) is 5.39. The van der Waals surface area contributed by atoms with E-state index in [0.29, 0.717) is 50.1 Å². The van der Waals surface area contributed by atoms with Crippen LogP contribution in [0.4, 0.5) is 0 Å². The van der Waals surface area contributed by atoms with E-state index >= 15 is 0 Å². The fourth-order valence-corrected chi connectivity index (χ4v) is 4.16. The number of likely N-dealkylation sites (tertiary alicyclic amines) is 1. The first kappa shape index (κ1) is 22.5. The summed E-state index contributed by atoms with van der Waals surface area (Å²) in [5.41, 5.74) is 0.767. The van der Waals surface area contributed by atoms with Gasteiger partial charge >= 0.3 is 0 Å². The molecule has 8 heteroatoms. The molecule has 8 nitrogen and oxygen atoms in total. The summed E-state index contributed by atoms with van der Waals surface area (Å²) in [5.74, 6) is -0.125. The number of benzene rings is 2. The smallest absolute Gasteiger partial charge is 0.261 e. The van der Waals surface area contributed by atoms with Crippen LogP contribution in [0, 0.1) is 0 Å². The Morgan fingerprint density at radius 1 is 0.879 bits per heavy atom. The normalized spacial score (nSPS) is 16.0. The average Bonchev–Trinajstić information content (AvgIpc) is 3.08. The lowest BCUT2D eigenvalue weighted by atomic mass is 10.0. The summed E-state index contributed by atoms with van der Waals surface area (Å²) in [6.07, 6.45) is 1.71. The number of amides is 4. The summed E-state index contributed by atoms with van der Waals surface area (Å²) in [4.78, 5) is 52.5. The van der Waals surface area contributed by atoms with Gasteiger partial charge in [-0.3, -0.25) is 24.1 Å². The van der Waals surface area contributed by atoms with E-state index in [1.54, 1.807) is 29.2 Å². The van der Waals surface area contributed by atoms with Crippen LogP contribution >= 0.6 is 0 Å². The van der Waals surface area contributed by atoms with Gasteiger partial charge in [-0.25, -0.2) is 0 Å². The first-order valence-corrected chi connectivity index (χ1v) is 11.2. The minimum atomic E-state index is -0.355. The molecule has 2 aromatic rings. The molecule has 2 aliphatic rings. The van der Waals surface area contributed by atoms with Gasteiger partial charge in [0.15, 0.2) is 0 Å². The van der Waals surface area contributed by atoms with Crippen LogP contribution in [-0.2, 0) is 9.59 Å². The first-order valence-electron chi connectivity index (χ1n) is 11.2. The lowest BCUT2D eigenvalue weighted by molar-refractivity contribution is -0.132. The van der Waals surface area contributed by atoms with Gasteiger partial charge in [-0.15, -0.1) is 0 Å². The Labute approximate surface area is 192 Å². The molecule has 2 heterocycles. The molecule has 172 valence electrons. The summed E-state index contributed by atoms with van der Waals surface area (Å²) in [6, 6.07) is 16.0. The van der Waals surface area contributed by atoms with E-state index in [4.69, 9.17) is 4.74 Å². The van der Waals surface area contributed by atoms with Gasteiger partial charge in [0.1, 0.15) is 5.75 Å². The largest absolute Gasteiger partial charge is 0.493 e. The van der Waals surface area contributed by atoms with Gasteiger partial charge in [-0.2, -0.15) is 0 Å². The van der Waals surface area contributed by atoms with Gasteiger partial charge in [-0.05, 0) is 37.1 Å². The van der Waals surface area contributed by atoms with E-state index in [-0.39, 0.29) is 42.6 Å². The van der Waals surface area contributed by atoms with Gasteiger partial charge < -0.3 is 15.0 Å². The summed E-state index contributed by atoms with van der Waals surface area (Å²) in [7, 11) is 0. The molecule has 4 amide bonds. The molecule has 0 unspecified atom stereocenters. The van der Waals surface area contributed by atoms with Gasteiger partial charge in [0.05, 0.1) is 24.2 Å². The van der Waals surface area contributed by atoms with Crippen LogP contribution in [-0.4, -0.2) is 65.7 Å². The van der Waals surface area contributed by atoms with Gasteiger partial charge in [0, 0.05) is 32.1 Å². The Bertz CT molecular complexity index is 996. The van der Waals surface area contributed by atoms with Crippen LogP contribution in [0.1, 0.15) is 46.4 Å². The fourth-order valence-electron chi connectivity index (χ4n) is 4.16. The number of rotatable bonds is 8. The van der Waals surface area contributed by atoms with Crippen LogP contribution in [0.15, 0.2) is 54.6 Å². The lowest BCUT2D eigenvalue weighted by Gasteiger charge is -2.32. The van der Waals surface area contributed by atoms with E-state index < -0.39 is 0 Å². The molecule has 0 aliphatic carbocycles. The maximum Gasteiger partial charge on any atom is 0.261 e. The average molecular weight is 450 g/mol. The predicted octanol–water partition coefficient (Wildman–Crippen LogP) is 2.25. The molecule has 1 N–H and O–H groups in total. The number of hydrogen-bond donors (Lipinski definition) is 1. The van der Waals surface area contributed by atoms with E-state index in [2.05, 4.69) is 5.32 Å². The van der Waals surface area contributed by atoms with Crippen LogP contribution in [0.3, 0.4) is 0 Å². The van der Waals surface area contributed by atoms with E-state index in [1.165, 1.54) is 0 Å². The van der Waals surface area contributed by atoms with Gasteiger partial charge in [-0.1, -0.05) is 30.3 Å². The second-order valence-electron chi connectivity index (χ2n) is 8.19. The maximum absolute atomic E-state index is 12.4. The van der Waals surface area contributed by atoms with Crippen LogP contribution in [0.5, 0.6) is 5.75 Å². The molecule has 0 saturated carbocycles. The molecule has 0 atom stereocenters. The number of ether oxygens (including phenoxy) is 1. The summed E-state index contributed by atoms with van der Waals surface area (Å²) >= 11 is 0. The fraction of sp³-hybridized carbons (Fsp3) is 0.360. The molecule has 1 saturated heterocycles. The summed E-state index contributed by atoms with van der Waals surface area (Å²) < 4.78 is 5.59. The highest BCUT2D eigenvalue weighted by Gasteiger charge is 2.35. The van der Waals surface area contributed by atoms with Crippen molar-refractivity contribution >= 4 is 23.6 Å². The van der Waals surface area contributed by atoms with Crippen molar-refractivity contribution in [1.82, 2.24) is 15.1 Å². The molecule has 0 aromatic heterocycles. The third-order valence-corrected chi connectivity index (χ3v) is 5.98. The zero-order valence-electron chi connectivity index (χ0n) is 18.4. The number of nitrogens with one attached hydrogen (secondary N) is 1. The number of piperidine rings is 1. The molecule has 2 aliphatic heterocycles. The van der Waals surface area contributed by atoms with Crippen molar-refractivity contribution in [3.63, 3.8) is 0 Å². The van der Waals surface area contributed by atoms with Crippen molar-refractivity contribution in [3.05, 3.63) is 65.7 Å². The van der Waals surface area contributed by atoms with Gasteiger partial charge in [0.2, 0.25) is 11.8 Å².